The number of hydrogen-bond acceptors (Lipinski definition) is 4. The van der Waals surface area contributed by atoms with Gasteiger partial charge in [0.15, 0.2) is 0 Å². The lowest BCUT2D eigenvalue weighted by Crippen LogP contribution is -2.21. The van der Waals surface area contributed by atoms with Gasteiger partial charge in [0.2, 0.25) is 0 Å². The average Bonchev–Trinajstić information content (AvgIpc) is 2.30. The van der Waals surface area contributed by atoms with Crippen molar-refractivity contribution in [2.75, 3.05) is 27.9 Å². The average molecular weight is 211 g/mol. The third-order valence-electron chi connectivity index (χ3n) is 2.35. The molecule has 0 spiro atoms. The summed E-state index contributed by atoms with van der Waals surface area (Å²) in [6, 6.07) is 5.36. The SMILES string of the molecule is CN[C@H](CO)c1c(OC)cccc1OC. The molecule has 15 heavy (non-hydrogen) atoms. The first-order valence-electron chi connectivity index (χ1n) is 4.77. The van der Waals surface area contributed by atoms with E-state index in [9.17, 15) is 5.11 Å². The van der Waals surface area contributed by atoms with E-state index in [-0.39, 0.29) is 12.6 Å². The summed E-state index contributed by atoms with van der Waals surface area (Å²) < 4.78 is 10.5. The zero-order valence-electron chi connectivity index (χ0n) is 9.28. The van der Waals surface area contributed by atoms with E-state index in [0.717, 1.165) is 5.56 Å². The van der Waals surface area contributed by atoms with Crippen LogP contribution < -0.4 is 14.8 Å². The summed E-state index contributed by atoms with van der Waals surface area (Å²) in [6.07, 6.45) is 0. The number of methoxy groups -OCH3 is 2. The lowest BCUT2D eigenvalue weighted by molar-refractivity contribution is 0.243. The Morgan fingerprint density at radius 3 is 2.13 bits per heavy atom. The minimum absolute atomic E-state index is 0.00671. The maximum atomic E-state index is 9.25. The van der Waals surface area contributed by atoms with Crippen LogP contribution in [0.25, 0.3) is 0 Å². The van der Waals surface area contributed by atoms with E-state index < -0.39 is 0 Å². The summed E-state index contributed by atoms with van der Waals surface area (Å²) in [5.74, 6) is 1.42. The standard InChI is InChI=1S/C11H17NO3/c1-12-8(7-13)11-9(14-2)5-4-6-10(11)15-3/h4-6,8,12-13H,7H2,1-3H3/t8-/m1/s1. The molecule has 0 unspecified atom stereocenters. The Labute approximate surface area is 89.8 Å². The van der Waals surface area contributed by atoms with Crippen molar-refractivity contribution in [1.82, 2.24) is 5.32 Å². The molecule has 2 N–H and O–H groups in total. The molecule has 0 aliphatic carbocycles. The number of nitrogens with one attached hydrogen (secondary N) is 1. The normalized spacial score (nSPS) is 12.3. The number of hydrogen-bond donors (Lipinski definition) is 2. The zero-order chi connectivity index (χ0) is 11.3. The van der Waals surface area contributed by atoms with Gasteiger partial charge in [-0.05, 0) is 19.2 Å². The largest absolute Gasteiger partial charge is 0.496 e. The van der Waals surface area contributed by atoms with Crippen molar-refractivity contribution in [3.05, 3.63) is 23.8 Å². The lowest BCUT2D eigenvalue weighted by atomic mass is 10.1. The zero-order valence-corrected chi connectivity index (χ0v) is 9.28. The van der Waals surface area contributed by atoms with Gasteiger partial charge in [-0.3, -0.25) is 0 Å². The summed E-state index contributed by atoms with van der Waals surface area (Å²) in [4.78, 5) is 0. The van der Waals surface area contributed by atoms with E-state index in [0.29, 0.717) is 11.5 Å². The molecule has 0 aliphatic rings. The topological polar surface area (TPSA) is 50.7 Å². The van der Waals surface area contributed by atoms with Crippen LogP contribution in [-0.4, -0.2) is 33.0 Å². The highest BCUT2D eigenvalue weighted by Gasteiger charge is 2.18. The van der Waals surface area contributed by atoms with Gasteiger partial charge in [-0.15, -0.1) is 0 Å². The molecule has 0 aromatic heterocycles. The van der Waals surface area contributed by atoms with Crippen LogP contribution in [0.2, 0.25) is 0 Å². The number of aliphatic hydroxyl groups excluding tert-OH is 1. The summed E-state index contributed by atoms with van der Waals surface area (Å²) in [5, 5.41) is 12.3. The molecule has 1 atom stereocenters. The molecule has 0 saturated carbocycles. The molecular weight excluding hydrogens is 194 g/mol. The Kier molecular flexibility index (Phi) is 4.39. The number of aliphatic hydroxyl groups is 1. The highest BCUT2D eigenvalue weighted by Crippen LogP contribution is 2.33. The number of likely N-dealkylation sites (N-methyl/N-ethyl adjacent to an activating group) is 1. The molecule has 0 bridgehead atoms. The van der Waals surface area contributed by atoms with Crippen molar-refractivity contribution < 1.29 is 14.6 Å². The number of benzene rings is 1. The fraction of sp³-hybridized carbons (Fsp3) is 0.455. The van der Waals surface area contributed by atoms with Crippen molar-refractivity contribution >= 4 is 0 Å². The van der Waals surface area contributed by atoms with Crippen LogP contribution in [0.1, 0.15) is 11.6 Å². The second kappa shape index (κ2) is 5.58. The molecule has 4 nitrogen and oxygen atoms in total. The fourth-order valence-electron chi connectivity index (χ4n) is 1.55. The lowest BCUT2D eigenvalue weighted by Gasteiger charge is -2.19. The van der Waals surface area contributed by atoms with Gasteiger partial charge in [0.25, 0.3) is 0 Å². The van der Waals surface area contributed by atoms with Crippen LogP contribution in [0.15, 0.2) is 18.2 Å². The van der Waals surface area contributed by atoms with Crippen LogP contribution in [0.5, 0.6) is 11.5 Å². The molecule has 0 aliphatic heterocycles. The molecule has 0 heterocycles. The van der Waals surface area contributed by atoms with Crippen LogP contribution in [0.3, 0.4) is 0 Å². The Hall–Kier alpha value is -1.26. The maximum absolute atomic E-state index is 9.25. The van der Waals surface area contributed by atoms with Gasteiger partial charge in [0.1, 0.15) is 11.5 Å². The molecule has 1 aromatic rings. The molecule has 0 radical (unpaired) electrons. The first kappa shape index (κ1) is 11.8. The van der Waals surface area contributed by atoms with Crippen molar-refractivity contribution in [3.8, 4) is 11.5 Å². The monoisotopic (exact) mass is 211 g/mol. The highest BCUT2D eigenvalue weighted by atomic mass is 16.5. The smallest absolute Gasteiger partial charge is 0.127 e. The van der Waals surface area contributed by atoms with E-state index in [1.807, 2.05) is 18.2 Å². The molecule has 4 heteroatoms. The summed E-state index contributed by atoms with van der Waals surface area (Å²) >= 11 is 0. The molecule has 0 fully saturated rings. The van der Waals surface area contributed by atoms with Crippen LogP contribution >= 0.6 is 0 Å². The van der Waals surface area contributed by atoms with Crippen LogP contribution in [0.4, 0.5) is 0 Å². The molecule has 0 saturated heterocycles. The van der Waals surface area contributed by atoms with Gasteiger partial charge in [0, 0.05) is 0 Å². The van der Waals surface area contributed by atoms with Gasteiger partial charge in [-0.2, -0.15) is 0 Å². The predicted molar refractivity (Wildman–Crippen MR) is 58.4 cm³/mol. The third-order valence-corrected chi connectivity index (χ3v) is 2.35. The van der Waals surface area contributed by atoms with Gasteiger partial charge in [-0.25, -0.2) is 0 Å². The maximum Gasteiger partial charge on any atom is 0.127 e. The second-order valence-electron chi connectivity index (χ2n) is 3.10. The number of rotatable bonds is 5. The first-order chi connectivity index (χ1) is 7.28. The molecule has 0 amide bonds. The van der Waals surface area contributed by atoms with E-state index in [1.165, 1.54) is 0 Å². The van der Waals surface area contributed by atoms with E-state index >= 15 is 0 Å². The van der Waals surface area contributed by atoms with E-state index in [1.54, 1.807) is 21.3 Å². The van der Waals surface area contributed by atoms with Crippen LogP contribution in [-0.2, 0) is 0 Å². The molecule has 1 rings (SSSR count). The third kappa shape index (κ3) is 2.40. The van der Waals surface area contributed by atoms with Crippen molar-refractivity contribution in [2.24, 2.45) is 0 Å². The van der Waals surface area contributed by atoms with Crippen molar-refractivity contribution in [2.45, 2.75) is 6.04 Å². The molecular formula is C11H17NO3. The summed E-state index contributed by atoms with van der Waals surface area (Å²) in [6.45, 7) is -0.00671. The fourth-order valence-corrected chi connectivity index (χ4v) is 1.55. The van der Waals surface area contributed by atoms with Crippen molar-refractivity contribution in [3.63, 3.8) is 0 Å². The minimum atomic E-state index is -0.184. The van der Waals surface area contributed by atoms with E-state index in [2.05, 4.69) is 5.32 Å². The van der Waals surface area contributed by atoms with Gasteiger partial charge in [-0.1, -0.05) is 6.07 Å². The Morgan fingerprint density at radius 1 is 1.27 bits per heavy atom. The van der Waals surface area contributed by atoms with Gasteiger partial charge >= 0.3 is 0 Å². The Bertz CT molecular complexity index is 288. The minimum Gasteiger partial charge on any atom is -0.496 e. The summed E-state index contributed by atoms with van der Waals surface area (Å²) in [5.41, 5.74) is 0.840. The number of ether oxygens (including phenoxy) is 2. The summed E-state index contributed by atoms with van der Waals surface area (Å²) in [7, 11) is 4.98. The highest BCUT2D eigenvalue weighted by molar-refractivity contribution is 5.47. The second-order valence-corrected chi connectivity index (χ2v) is 3.10. The van der Waals surface area contributed by atoms with Gasteiger partial charge in [0.05, 0.1) is 32.4 Å². The Morgan fingerprint density at radius 2 is 1.80 bits per heavy atom. The van der Waals surface area contributed by atoms with E-state index in [4.69, 9.17) is 9.47 Å². The predicted octanol–water partition coefficient (Wildman–Crippen LogP) is 0.957. The first-order valence-corrected chi connectivity index (χ1v) is 4.77. The van der Waals surface area contributed by atoms with Crippen LogP contribution in [0, 0.1) is 0 Å². The Balaban J connectivity index is 3.20. The van der Waals surface area contributed by atoms with Crippen molar-refractivity contribution in [1.29, 1.82) is 0 Å². The molecule has 1 aromatic carbocycles. The molecule has 84 valence electrons. The van der Waals surface area contributed by atoms with Gasteiger partial charge < -0.3 is 19.9 Å². The quantitative estimate of drug-likeness (QED) is 0.761.